The molecule has 0 aliphatic heterocycles. The highest BCUT2D eigenvalue weighted by molar-refractivity contribution is 7.98. The van der Waals surface area contributed by atoms with Gasteiger partial charge < -0.3 is 5.11 Å². The highest BCUT2D eigenvalue weighted by Crippen LogP contribution is 2.26. The third-order valence-corrected chi connectivity index (χ3v) is 3.14. The van der Waals surface area contributed by atoms with Crippen LogP contribution in [-0.2, 0) is 6.61 Å². The highest BCUT2D eigenvalue weighted by atomic mass is 32.2. The van der Waals surface area contributed by atoms with Gasteiger partial charge in [0.2, 0.25) is 0 Å². The number of benzene rings is 2. The molecule has 72 valence electrons. The number of hydrogen-bond acceptors (Lipinski definition) is 2. The van der Waals surface area contributed by atoms with Crippen LogP contribution in [0.25, 0.3) is 10.8 Å². The lowest BCUT2D eigenvalue weighted by atomic mass is 10.1. The quantitative estimate of drug-likeness (QED) is 0.759. The first-order valence-electron chi connectivity index (χ1n) is 4.51. The average molecular weight is 204 g/mol. The van der Waals surface area contributed by atoms with Crippen LogP contribution in [0.15, 0.2) is 41.3 Å². The van der Waals surface area contributed by atoms with Gasteiger partial charge in [-0.3, -0.25) is 0 Å². The van der Waals surface area contributed by atoms with Crippen molar-refractivity contribution in [2.45, 2.75) is 11.5 Å². The minimum atomic E-state index is 0.112. The third-order valence-electron chi connectivity index (χ3n) is 2.32. The summed E-state index contributed by atoms with van der Waals surface area (Å²) in [5.74, 6) is 0. The maximum Gasteiger partial charge on any atom is 0.0692 e. The molecule has 0 amide bonds. The van der Waals surface area contributed by atoms with Crippen molar-refractivity contribution in [2.75, 3.05) is 6.26 Å². The van der Waals surface area contributed by atoms with Crippen LogP contribution < -0.4 is 0 Å². The molecule has 0 radical (unpaired) electrons. The lowest BCUT2D eigenvalue weighted by Crippen LogP contribution is -1.87. The third kappa shape index (κ3) is 1.63. The smallest absolute Gasteiger partial charge is 0.0692 e. The largest absolute Gasteiger partial charge is 0.392 e. The van der Waals surface area contributed by atoms with Gasteiger partial charge in [-0.15, -0.1) is 11.8 Å². The van der Waals surface area contributed by atoms with E-state index >= 15 is 0 Å². The fourth-order valence-corrected chi connectivity index (χ4v) is 2.21. The standard InChI is InChI=1S/C12H12OS/c1-14-12-7-10-5-3-2-4-9(10)6-11(12)8-13/h2-7,13H,8H2,1H3. The molecule has 0 fully saturated rings. The lowest BCUT2D eigenvalue weighted by Gasteiger charge is -2.06. The Kier molecular flexibility index (Phi) is 2.75. The van der Waals surface area contributed by atoms with E-state index in [1.807, 2.05) is 18.4 Å². The number of thioether (sulfide) groups is 1. The summed E-state index contributed by atoms with van der Waals surface area (Å²) in [7, 11) is 0. The molecule has 14 heavy (non-hydrogen) atoms. The Labute approximate surface area is 87.8 Å². The molecular formula is C12H12OS. The predicted octanol–water partition coefficient (Wildman–Crippen LogP) is 3.05. The molecule has 2 aromatic carbocycles. The molecule has 2 aromatic rings. The van der Waals surface area contributed by atoms with Gasteiger partial charge in [0.1, 0.15) is 0 Å². The van der Waals surface area contributed by atoms with Gasteiger partial charge in [0.05, 0.1) is 6.61 Å². The summed E-state index contributed by atoms with van der Waals surface area (Å²) < 4.78 is 0. The van der Waals surface area contributed by atoms with Gasteiger partial charge in [0.25, 0.3) is 0 Å². The van der Waals surface area contributed by atoms with E-state index in [4.69, 9.17) is 0 Å². The summed E-state index contributed by atoms with van der Waals surface area (Å²) in [6, 6.07) is 12.4. The summed E-state index contributed by atoms with van der Waals surface area (Å²) in [4.78, 5) is 1.16. The molecule has 2 rings (SSSR count). The Hall–Kier alpha value is -0.990. The van der Waals surface area contributed by atoms with Crippen LogP contribution in [0.3, 0.4) is 0 Å². The molecule has 0 saturated heterocycles. The number of fused-ring (bicyclic) bond motifs is 1. The van der Waals surface area contributed by atoms with E-state index in [9.17, 15) is 5.11 Å². The van der Waals surface area contributed by atoms with Crippen LogP contribution in [0.5, 0.6) is 0 Å². The monoisotopic (exact) mass is 204 g/mol. The SMILES string of the molecule is CSc1cc2ccccc2cc1CO. The highest BCUT2D eigenvalue weighted by Gasteiger charge is 2.02. The molecular weight excluding hydrogens is 192 g/mol. The molecule has 0 aliphatic carbocycles. The van der Waals surface area contributed by atoms with E-state index in [0.717, 1.165) is 10.5 Å². The number of aliphatic hydroxyl groups excluding tert-OH is 1. The van der Waals surface area contributed by atoms with Gasteiger partial charge in [0, 0.05) is 4.90 Å². The van der Waals surface area contributed by atoms with Crippen LogP contribution in [0.1, 0.15) is 5.56 Å². The van der Waals surface area contributed by atoms with Gasteiger partial charge in [0.15, 0.2) is 0 Å². The summed E-state index contributed by atoms with van der Waals surface area (Å²) in [6.07, 6.45) is 2.03. The molecule has 0 bridgehead atoms. The van der Waals surface area contributed by atoms with Gasteiger partial charge in [-0.2, -0.15) is 0 Å². The van der Waals surface area contributed by atoms with Crippen LogP contribution in [0, 0.1) is 0 Å². The van der Waals surface area contributed by atoms with Gasteiger partial charge in [-0.25, -0.2) is 0 Å². The van der Waals surface area contributed by atoms with Crippen molar-refractivity contribution in [3.05, 3.63) is 42.0 Å². The Bertz CT molecular complexity index is 409. The average Bonchev–Trinajstić information content (AvgIpc) is 2.27. The van der Waals surface area contributed by atoms with Crippen molar-refractivity contribution >= 4 is 22.5 Å². The van der Waals surface area contributed by atoms with Crippen molar-refractivity contribution in [1.82, 2.24) is 0 Å². The molecule has 0 aromatic heterocycles. The van der Waals surface area contributed by atoms with Gasteiger partial charge in [-0.05, 0) is 34.7 Å². The Balaban J connectivity index is 2.69. The molecule has 0 saturated carbocycles. The van der Waals surface area contributed by atoms with Gasteiger partial charge in [-0.1, -0.05) is 24.3 Å². The summed E-state index contributed by atoms with van der Waals surface area (Å²) >= 11 is 1.67. The first-order chi connectivity index (χ1) is 6.85. The van der Waals surface area contributed by atoms with Crippen molar-refractivity contribution in [3.63, 3.8) is 0 Å². The van der Waals surface area contributed by atoms with Crippen LogP contribution in [-0.4, -0.2) is 11.4 Å². The van der Waals surface area contributed by atoms with Crippen LogP contribution in [0.4, 0.5) is 0 Å². The van der Waals surface area contributed by atoms with E-state index in [2.05, 4.69) is 24.3 Å². The normalized spacial score (nSPS) is 10.7. The molecule has 2 heteroatoms. The molecule has 0 unspecified atom stereocenters. The fraction of sp³-hybridized carbons (Fsp3) is 0.167. The molecule has 0 atom stereocenters. The first kappa shape index (κ1) is 9.56. The minimum Gasteiger partial charge on any atom is -0.392 e. The zero-order chi connectivity index (χ0) is 9.97. The van der Waals surface area contributed by atoms with E-state index in [1.54, 1.807) is 11.8 Å². The zero-order valence-corrected chi connectivity index (χ0v) is 8.84. The second-order valence-corrected chi connectivity index (χ2v) is 4.02. The molecule has 1 nitrogen and oxygen atoms in total. The topological polar surface area (TPSA) is 20.2 Å². The van der Waals surface area contributed by atoms with Crippen molar-refractivity contribution in [1.29, 1.82) is 0 Å². The van der Waals surface area contributed by atoms with Crippen molar-refractivity contribution < 1.29 is 5.11 Å². The summed E-state index contributed by atoms with van der Waals surface area (Å²) in [5.41, 5.74) is 1.01. The zero-order valence-electron chi connectivity index (χ0n) is 8.03. The number of aliphatic hydroxyl groups is 1. The lowest BCUT2D eigenvalue weighted by molar-refractivity contribution is 0.279. The van der Waals surface area contributed by atoms with Crippen LogP contribution in [0.2, 0.25) is 0 Å². The number of rotatable bonds is 2. The van der Waals surface area contributed by atoms with Crippen molar-refractivity contribution in [3.8, 4) is 0 Å². The predicted molar refractivity (Wildman–Crippen MR) is 61.7 cm³/mol. The van der Waals surface area contributed by atoms with E-state index in [-0.39, 0.29) is 6.61 Å². The maximum atomic E-state index is 9.20. The first-order valence-corrected chi connectivity index (χ1v) is 5.74. The van der Waals surface area contributed by atoms with E-state index < -0.39 is 0 Å². The van der Waals surface area contributed by atoms with E-state index in [0.29, 0.717) is 0 Å². The molecule has 0 aliphatic rings. The molecule has 0 heterocycles. The molecule has 1 N–H and O–H groups in total. The van der Waals surface area contributed by atoms with E-state index in [1.165, 1.54) is 10.8 Å². The summed E-state index contributed by atoms with van der Waals surface area (Å²) in [6.45, 7) is 0.112. The fourth-order valence-electron chi connectivity index (χ4n) is 1.58. The Morgan fingerprint density at radius 2 is 1.79 bits per heavy atom. The second-order valence-electron chi connectivity index (χ2n) is 3.17. The number of hydrogen-bond donors (Lipinski definition) is 1. The van der Waals surface area contributed by atoms with Crippen LogP contribution >= 0.6 is 11.8 Å². The van der Waals surface area contributed by atoms with Gasteiger partial charge >= 0.3 is 0 Å². The summed E-state index contributed by atoms with van der Waals surface area (Å²) in [5, 5.41) is 11.6. The maximum absolute atomic E-state index is 9.20. The van der Waals surface area contributed by atoms with Crippen molar-refractivity contribution in [2.24, 2.45) is 0 Å². The minimum absolute atomic E-state index is 0.112. The Morgan fingerprint density at radius 1 is 1.14 bits per heavy atom. The Morgan fingerprint density at radius 3 is 2.36 bits per heavy atom. The molecule has 0 spiro atoms. The second kappa shape index (κ2) is 4.03.